The van der Waals surface area contributed by atoms with Gasteiger partial charge in [0.25, 0.3) is 5.91 Å². The van der Waals surface area contributed by atoms with E-state index < -0.39 is 0 Å². The number of pyridine rings is 1. The maximum absolute atomic E-state index is 12.3. The molecule has 22 heavy (non-hydrogen) atoms. The Morgan fingerprint density at radius 3 is 2.59 bits per heavy atom. The van der Waals surface area contributed by atoms with Crippen LogP contribution in [0.2, 0.25) is 0 Å². The molecule has 0 saturated heterocycles. The first-order valence-electron chi connectivity index (χ1n) is 7.31. The summed E-state index contributed by atoms with van der Waals surface area (Å²) in [5, 5.41) is 6.17. The summed E-state index contributed by atoms with van der Waals surface area (Å²) in [6, 6.07) is 3.79. The van der Waals surface area contributed by atoms with Gasteiger partial charge in [0.2, 0.25) is 0 Å². The number of amides is 1. The molecule has 0 spiro atoms. The normalized spacial score (nSPS) is 11.1. The molecule has 0 aliphatic carbocycles. The summed E-state index contributed by atoms with van der Waals surface area (Å²) in [5.41, 5.74) is 6.28. The van der Waals surface area contributed by atoms with Crippen LogP contribution in [0, 0.1) is 0 Å². The summed E-state index contributed by atoms with van der Waals surface area (Å²) in [5.74, 6) is 0.499. The molecule has 0 aliphatic rings. The molecule has 1 heterocycles. The lowest BCUT2D eigenvalue weighted by Crippen LogP contribution is -2.40. The molecule has 0 fully saturated rings. The number of hydrogen-bond donors (Lipinski definition) is 3. The second kappa shape index (κ2) is 12.5. The number of nitrogens with zero attached hydrogens (tertiary/aromatic N) is 1. The minimum Gasteiger partial charge on any atom is -0.367 e. The minimum atomic E-state index is -0.118. The Morgan fingerprint density at radius 2 is 2.05 bits per heavy atom. The van der Waals surface area contributed by atoms with Crippen molar-refractivity contribution in [1.82, 2.24) is 10.3 Å². The van der Waals surface area contributed by atoms with Crippen LogP contribution in [0.4, 0.5) is 5.82 Å². The standard InChI is InChI=1S/C15H26N4O.2ClH/c1-4-5-7-12(10-16)19-15(20)13-8-6-9-17-14(13)18-11(2)3;;/h6,8-9,11-12H,4-5,7,10,16H2,1-3H3,(H,17,18)(H,19,20);2*1H. The summed E-state index contributed by atoms with van der Waals surface area (Å²) in [6.45, 7) is 6.61. The van der Waals surface area contributed by atoms with Gasteiger partial charge in [0, 0.05) is 24.8 Å². The summed E-state index contributed by atoms with van der Waals surface area (Å²) in [7, 11) is 0. The molecule has 0 bridgehead atoms. The molecule has 0 aliphatic heterocycles. The van der Waals surface area contributed by atoms with Gasteiger partial charge in [0.05, 0.1) is 5.56 Å². The molecule has 1 amide bonds. The van der Waals surface area contributed by atoms with Crippen molar-refractivity contribution < 1.29 is 4.79 Å². The molecule has 7 heteroatoms. The van der Waals surface area contributed by atoms with Gasteiger partial charge in [-0.3, -0.25) is 4.79 Å². The van der Waals surface area contributed by atoms with Crippen molar-refractivity contribution in [3.63, 3.8) is 0 Å². The van der Waals surface area contributed by atoms with Crippen molar-refractivity contribution in [2.24, 2.45) is 5.73 Å². The van der Waals surface area contributed by atoms with Crippen molar-refractivity contribution in [2.75, 3.05) is 11.9 Å². The van der Waals surface area contributed by atoms with E-state index in [4.69, 9.17) is 5.73 Å². The fraction of sp³-hybridized carbons (Fsp3) is 0.600. The van der Waals surface area contributed by atoms with Crippen molar-refractivity contribution in [2.45, 2.75) is 52.1 Å². The third kappa shape index (κ3) is 7.82. The van der Waals surface area contributed by atoms with E-state index in [2.05, 4.69) is 22.5 Å². The highest BCUT2D eigenvalue weighted by Crippen LogP contribution is 2.13. The first-order chi connectivity index (χ1) is 9.58. The van der Waals surface area contributed by atoms with Gasteiger partial charge in [0.15, 0.2) is 0 Å². The van der Waals surface area contributed by atoms with Crippen molar-refractivity contribution in [3.8, 4) is 0 Å². The second-order valence-electron chi connectivity index (χ2n) is 5.25. The summed E-state index contributed by atoms with van der Waals surface area (Å²) in [6.07, 6.45) is 4.75. The maximum Gasteiger partial charge on any atom is 0.255 e. The van der Waals surface area contributed by atoms with Gasteiger partial charge >= 0.3 is 0 Å². The average molecular weight is 351 g/mol. The molecule has 1 rings (SSSR count). The quantitative estimate of drug-likeness (QED) is 0.673. The largest absolute Gasteiger partial charge is 0.367 e. The lowest BCUT2D eigenvalue weighted by molar-refractivity contribution is 0.0936. The molecule has 0 saturated carbocycles. The van der Waals surface area contributed by atoms with Crippen LogP contribution >= 0.6 is 24.8 Å². The van der Waals surface area contributed by atoms with Gasteiger partial charge in [-0.05, 0) is 32.4 Å². The SMILES string of the molecule is CCCCC(CN)NC(=O)c1cccnc1NC(C)C.Cl.Cl. The number of aromatic nitrogens is 1. The fourth-order valence-electron chi connectivity index (χ4n) is 1.94. The lowest BCUT2D eigenvalue weighted by atomic mass is 10.1. The molecule has 1 unspecified atom stereocenters. The lowest BCUT2D eigenvalue weighted by Gasteiger charge is -2.18. The van der Waals surface area contributed by atoms with E-state index in [-0.39, 0.29) is 42.8 Å². The smallest absolute Gasteiger partial charge is 0.255 e. The predicted molar refractivity (Wildman–Crippen MR) is 97.3 cm³/mol. The van der Waals surface area contributed by atoms with Crippen LogP contribution in [0.1, 0.15) is 50.4 Å². The van der Waals surface area contributed by atoms with Crippen LogP contribution in [0.25, 0.3) is 0 Å². The Balaban J connectivity index is 0. The average Bonchev–Trinajstić information content (AvgIpc) is 2.43. The Hall–Kier alpha value is -1.04. The number of hydrogen-bond acceptors (Lipinski definition) is 4. The first kappa shape index (κ1) is 23.2. The molecule has 5 nitrogen and oxygen atoms in total. The van der Waals surface area contributed by atoms with Crippen molar-refractivity contribution in [1.29, 1.82) is 0 Å². The Bertz CT molecular complexity index is 430. The fourth-order valence-corrected chi connectivity index (χ4v) is 1.94. The topological polar surface area (TPSA) is 80.0 Å². The van der Waals surface area contributed by atoms with E-state index in [0.717, 1.165) is 19.3 Å². The summed E-state index contributed by atoms with van der Waals surface area (Å²) < 4.78 is 0. The van der Waals surface area contributed by atoms with Crippen LogP contribution < -0.4 is 16.4 Å². The number of unbranched alkanes of at least 4 members (excludes halogenated alkanes) is 1. The van der Waals surface area contributed by atoms with Gasteiger partial charge in [-0.15, -0.1) is 24.8 Å². The van der Waals surface area contributed by atoms with Gasteiger partial charge in [-0.25, -0.2) is 4.98 Å². The molecule has 128 valence electrons. The number of nitrogens with two attached hydrogens (primary N) is 1. The molecule has 0 radical (unpaired) electrons. The van der Waals surface area contributed by atoms with Gasteiger partial charge < -0.3 is 16.4 Å². The van der Waals surface area contributed by atoms with Gasteiger partial charge in [0.1, 0.15) is 5.82 Å². The second-order valence-corrected chi connectivity index (χ2v) is 5.25. The van der Waals surface area contributed by atoms with E-state index in [9.17, 15) is 4.79 Å². The van der Waals surface area contributed by atoms with E-state index in [1.807, 2.05) is 13.8 Å². The number of nitrogens with one attached hydrogen (secondary N) is 2. The molecule has 4 N–H and O–H groups in total. The zero-order chi connectivity index (χ0) is 15.0. The van der Waals surface area contributed by atoms with E-state index in [1.54, 1.807) is 18.3 Å². The molecule has 1 aromatic rings. The van der Waals surface area contributed by atoms with Crippen LogP contribution in [0.5, 0.6) is 0 Å². The maximum atomic E-state index is 12.3. The third-order valence-corrected chi connectivity index (χ3v) is 3.00. The summed E-state index contributed by atoms with van der Waals surface area (Å²) in [4.78, 5) is 16.6. The minimum absolute atomic E-state index is 0. The Morgan fingerprint density at radius 1 is 1.36 bits per heavy atom. The van der Waals surface area contributed by atoms with Crippen LogP contribution in [-0.2, 0) is 0 Å². The Labute approximate surface area is 145 Å². The highest BCUT2D eigenvalue weighted by Gasteiger charge is 2.16. The number of halogens is 2. The van der Waals surface area contributed by atoms with Gasteiger partial charge in [-0.2, -0.15) is 0 Å². The predicted octanol–water partition coefficient (Wildman–Crippen LogP) is 2.99. The number of carbonyl (C=O) groups is 1. The first-order valence-corrected chi connectivity index (χ1v) is 7.31. The van der Waals surface area contributed by atoms with E-state index in [0.29, 0.717) is 17.9 Å². The third-order valence-electron chi connectivity index (χ3n) is 3.00. The number of anilines is 1. The molecule has 1 atom stereocenters. The van der Waals surface area contributed by atoms with Crippen LogP contribution in [-0.4, -0.2) is 29.5 Å². The van der Waals surface area contributed by atoms with E-state index in [1.165, 1.54) is 0 Å². The van der Waals surface area contributed by atoms with Crippen LogP contribution in [0.3, 0.4) is 0 Å². The van der Waals surface area contributed by atoms with Crippen molar-refractivity contribution in [3.05, 3.63) is 23.9 Å². The number of carbonyl (C=O) groups excluding carboxylic acids is 1. The zero-order valence-electron chi connectivity index (χ0n) is 13.5. The van der Waals surface area contributed by atoms with E-state index >= 15 is 0 Å². The van der Waals surface area contributed by atoms with Gasteiger partial charge in [-0.1, -0.05) is 19.8 Å². The highest BCUT2D eigenvalue weighted by atomic mass is 35.5. The Kier molecular flexibility index (Phi) is 13.2. The highest BCUT2D eigenvalue weighted by molar-refractivity contribution is 5.98. The number of rotatable bonds is 8. The monoisotopic (exact) mass is 350 g/mol. The molecular formula is C15H28Cl2N4O. The van der Waals surface area contributed by atoms with Crippen LogP contribution in [0.15, 0.2) is 18.3 Å². The molecular weight excluding hydrogens is 323 g/mol. The molecule has 1 aromatic heterocycles. The summed E-state index contributed by atoms with van der Waals surface area (Å²) >= 11 is 0. The van der Waals surface area contributed by atoms with Crippen molar-refractivity contribution >= 4 is 36.5 Å². The molecule has 0 aromatic carbocycles. The zero-order valence-corrected chi connectivity index (χ0v) is 15.1.